The van der Waals surface area contributed by atoms with Crippen LogP contribution in [-0.2, 0) is 14.6 Å². The number of benzene rings is 2. The van der Waals surface area contributed by atoms with Gasteiger partial charge >= 0.3 is 0 Å². The van der Waals surface area contributed by atoms with Gasteiger partial charge < -0.3 is 5.32 Å². The van der Waals surface area contributed by atoms with Gasteiger partial charge in [0.15, 0.2) is 9.84 Å². The highest BCUT2D eigenvalue weighted by Crippen LogP contribution is 2.14. The zero-order chi connectivity index (χ0) is 16.2. The largest absolute Gasteiger partial charge is 0.326 e. The highest BCUT2D eigenvalue weighted by Gasteiger charge is 2.16. The Hall–Kier alpha value is -2.28. The van der Waals surface area contributed by atoms with Crippen molar-refractivity contribution in [3.05, 3.63) is 60.2 Å². The maximum absolute atomic E-state index is 13.0. The van der Waals surface area contributed by atoms with Gasteiger partial charge in [0.2, 0.25) is 5.91 Å². The average molecular weight is 325 g/mol. The van der Waals surface area contributed by atoms with Crippen molar-refractivity contribution in [1.82, 2.24) is 0 Å². The summed E-state index contributed by atoms with van der Waals surface area (Å²) < 4.78 is 49.7. The number of sulfone groups is 1. The van der Waals surface area contributed by atoms with E-state index in [1.807, 2.05) is 0 Å². The quantitative estimate of drug-likeness (QED) is 0.860. The van der Waals surface area contributed by atoms with Crippen molar-refractivity contribution in [3.8, 4) is 0 Å². The minimum atomic E-state index is -3.67. The molecule has 0 heterocycles. The first-order valence-corrected chi connectivity index (χ1v) is 8.06. The number of hydrogen-bond donors (Lipinski definition) is 1. The van der Waals surface area contributed by atoms with Crippen LogP contribution in [0.4, 0.5) is 14.5 Å². The van der Waals surface area contributed by atoms with Crippen molar-refractivity contribution in [2.24, 2.45) is 0 Å². The maximum atomic E-state index is 13.0. The Balaban J connectivity index is 1.97. The highest BCUT2D eigenvalue weighted by molar-refractivity contribution is 7.91. The van der Waals surface area contributed by atoms with Crippen LogP contribution in [0.15, 0.2) is 53.4 Å². The van der Waals surface area contributed by atoms with Crippen LogP contribution >= 0.6 is 0 Å². The molecule has 0 aliphatic heterocycles. The standard InChI is InChI=1S/C15H13F2NO3S/c16-11-4-6-14(7-5-11)22(20,21)9-8-15(19)18-13-3-1-2-12(17)10-13/h1-7,10H,8-9H2,(H,18,19). The summed E-state index contributed by atoms with van der Waals surface area (Å²) in [4.78, 5) is 11.6. The van der Waals surface area contributed by atoms with Gasteiger partial charge in [-0.3, -0.25) is 4.79 Å². The molecular weight excluding hydrogens is 312 g/mol. The van der Waals surface area contributed by atoms with Gasteiger partial charge in [-0.25, -0.2) is 17.2 Å². The second-order valence-electron chi connectivity index (χ2n) is 4.58. The SMILES string of the molecule is O=C(CCS(=O)(=O)c1ccc(F)cc1)Nc1cccc(F)c1. The van der Waals surface area contributed by atoms with E-state index in [-0.39, 0.29) is 17.0 Å². The average Bonchev–Trinajstić information content (AvgIpc) is 2.46. The van der Waals surface area contributed by atoms with Crippen LogP contribution in [0.5, 0.6) is 0 Å². The molecule has 7 heteroatoms. The van der Waals surface area contributed by atoms with Crippen molar-refractivity contribution < 1.29 is 22.0 Å². The van der Waals surface area contributed by atoms with Crippen LogP contribution in [0.3, 0.4) is 0 Å². The zero-order valence-electron chi connectivity index (χ0n) is 11.4. The van der Waals surface area contributed by atoms with Gasteiger partial charge in [0.25, 0.3) is 0 Å². The fourth-order valence-electron chi connectivity index (χ4n) is 1.78. The molecule has 0 unspecified atom stereocenters. The molecule has 0 radical (unpaired) electrons. The Morgan fingerprint density at radius 2 is 1.68 bits per heavy atom. The van der Waals surface area contributed by atoms with Crippen LogP contribution in [0.2, 0.25) is 0 Å². The second-order valence-corrected chi connectivity index (χ2v) is 6.69. The van der Waals surface area contributed by atoms with Crippen molar-refractivity contribution in [1.29, 1.82) is 0 Å². The maximum Gasteiger partial charge on any atom is 0.225 e. The lowest BCUT2D eigenvalue weighted by Gasteiger charge is -2.06. The van der Waals surface area contributed by atoms with Gasteiger partial charge in [-0.05, 0) is 42.5 Å². The van der Waals surface area contributed by atoms with Crippen LogP contribution in [-0.4, -0.2) is 20.1 Å². The topological polar surface area (TPSA) is 63.2 Å². The molecule has 2 aromatic rings. The van der Waals surface area contributed by atoms with Crippen molar-refractivity contribution in [2.45, 2.75) is 11.3 Å². The molecule has 0 saturated heterocycles. The Bertz CT molecular complexity index is 774. The summed E-state index contributed by atoms with van der Waals surface area (Å²) >= 11 is 0. The van der Waals surface area contributed by atoms with Crippen molar-refractivity contribution in [3.63, 3.8) is 0 Å². The number of amides is 1. The number of anilines is 1. The molecule has 0 fully saturated rings. The molecule has 116 valence electrons. The molecule has 0 aliphatic rings. The van der Waals surface area contributed by atoms with E-state index < -0.39 is 33.1 Å². The minimum absolute atomic E-state index is 0.0487. The lowest BCUT2D eigenvalue weighted by Crippen LogP contribution is -2.17. The second kappa shape index (κ2) is 6.65. The van der Waals surface area contributed by atoms with Gasteiger partial charge in [-0.1, -0.05) is 6.07 Å². The van der Waals surface area contributed by atoms with E-state index in [1.54, 1.807) is 0 Å². The van der Waals surface area contributed by atoms with Crippen LogP contribution in [0, 0.1) is 11.6 Å². The van der Waals surface area contributed by atoms with Gasteiger partial charge in [0, 0.05) is 12.1 Å². The number of carbonyl (C=O) groups excluding carboxylic acids is 1. The third-order valence-corrected chi connectivity index (χ3v) is 4.61. The number of hydrogen-bond acceptors (Lipinski definition) is 3. The van der Waals surface area contributed by atoms with E-state index in [4.69, 9.17) is 0 Å². The van der Waals surface area contributed by atoms with Crippen molar-refractivity contribution in [2.75, 3.05) is 11.1 Å². The molecule has 0 atom stereocenters. The predicted octanol–water partition coefficient (Wildman–Crippen LogP) is 2.77. The summed E-state index contributed by atoms with van der Waals surface area (Å²) in [6, 6.07) is 9.67. The first kappa shape index (κ1) is 16.1. The summed E-state index contributed by atoms with van der Waals surface area (Å²) in [7, 11) is -3.67. The lowest BCUT2D eigenvalue weighted by atomic mass is 10.3. The molecule has 4 nitrogen and oxygen atoms in total. The molecular formula is C15H13F2NO3S. The molecule has 0 saturated carbocycles. The summed E-state index contributed by atoms with van der Waals surface area (Å²) in [5.41, 5.74) is 0.254. The third kappa shape index (κ3) is 4.36. The fraction of sp³-hybridized carbons (Fsp3) is 0.133. The first-order valence-electron chi connectivity index (χ1n) is 6.40. The van der Waals surface area contributed by atoms with E-state index in [9.17, 15) is 22.0 Å². The summed E-state index contributed by atoms with van der Waals surface area (Å²) in [5.74, 6) is -2.00. The smallest absolute Gasteiger partial charge is 0.225 e. The monoisotopic (exact) mass is 325 g/mol. The highest BCUT2D eigenvalue weighted by atomic mass is 32.2. The van der Waals surface area contributed by atoms with Crippen LogP contribution in [0.25, 0.3) is 0 Å². The summed E-state index contributed by atoms with van der Waals surface area (Å²) in [6.07, 6.45) is -0.282. The van der Waals surface area contributed by atoms with Gasteiger partial charge in [0.1, 0.15) is 11.6 Å². The molecule has 0 aliphatic carbocycles. The van der Waals surface area contributed by atoms with E-state index in [1.165, 1.54) is 18.2 Å². The predicted molar refractivity (Wildman–Crippen MR) is 78.1 cm³/mol. The molecule has 0 bridgehead atoms. The minimum Gasteiger partial charge on any atom is -0.326 e. The molecule has 1 N–H and O–H groups in total. The summed E-state index contributed by atoms with van der Waals surface area (Å²) in [5, 5.41) is 2.41. The fourth-order valence-corrected chi connectivity index (χ4v) is 3.02. The number of carbonyl (C=O) groups is 1. The van der Waals surface area contributed by atoms with Gasteiger partial charge in [-0.2, -0.15) is 0 Å². The Labute approximate surface area is 126 Å². The number of halogens is 2. The lowest BCUT2D eigenvalue weighted by molar-refractivity contribution is -0.115. The molecule has 2 aromatic carbocycles. The van der Waals surface area contributed by atoms with Crippen LogP contribution < -0.4 is 5.32 Å². The Kier molecular flexibility index (Phi) is 4.87. The molecule has 0 spiro atoms. The van der Waals surface area contributed by atoms with Gasteiger partial charge in [0.05, 0.1) is 10.6 Å². The Morgan fingerprint density at radius 1 is 1.00 bits per heavy atom. The molecule has 0 aromatic heterocycles. The van der Waals surface area contributed by atoms with Gasteiger partial charge in [-0.15, -0.1) is 0 Å². The Morgan fingerprint density at radius 3 is 2.32 bits per heavy atom. The number of rotatable bonds is 5. The number of nitrogens with one attached hydrogen (secondary N) is 1. The molecule has 22 heavy (non-hydrogen) atoms. The van der Waals surface area contributed by atoms with Crippen LogP contribution in [0.1, 0.15) is 6.42 Å². The molecule has 2 rings (SSSR count). The first-order chi connectivity index (χ1) is 10.4. The molecule has 1 amide bonds. The summed E-state index contributed by atoms with van der Waals surface area (Å²) in [6.45, 7) is 0. The van der Waals surface area contributed by atoms with E-state index in [0.29, 0.717) is 0 Å². The zero-order valence-corrected chi connectivity index (χ0v) is 12.2. The van der Waals surface area contributed by atoms with E-state index >= 15 is 0 Å². The normalized spacial score (nSPS) is 11.2. The van der Waals surface area contributed by atoms with Crippen molar-refractivity contribution >= 4 is 21.4 Å². The van der Waals surface area contributed by atoms with E-state index in [2.05, 4.69) is 5.32 Å². The van der Waals surface area contributed by atoms with E-state index in [0.717, 1.165) is 30.3 Å². The third-order valence-electron chi connectivity index (χ3n) is 2.88.